The summed E-state index contributed by atoms with van der Waals surface area (Å²) in [7, 11) is 1.63. The van der Waals surface area contributed by atoms with Crippen LogP contribution in [0.1, 0.15) is 40.7 Å². The van der Waals surface area contributed by atoms with Crippen molar-refractivity contribution in [2.45, 2.75) is 50.8 Å². The number of rotatable bonds is 8. The highest BCUT2D eigenvalue weighted by Crippen LogP contribution is 2.40. The van der Waals surface area contributed by atoms with Gasteiger partial charge in [-0.05, 0) is 53.8 Å². The first kappa shape index (κ1) is 24.5. The summed E-state index contributed by atoms with van der Waals surface area (Å²) < 4.78 is 29.9. The molecular weight excluding hydrogens is 456 g/mol. The second-order valence-electron chi connectivity index (χ2n) is 9.40. The summed E-state index contributed by atoms with van der Waals surface area (Å²) in [6, 6.07) is 22.3. The number of aryl methyl sites for hydroxylation is 1. The maximum Gasteiger partial charge on any atom is 0.197 e. The Morgan fingerprint density at radius 3 is 2.56 bits per heavy atom. The van der Waals surface area contributed by atoms with E-state index in [1.807, 2.05) is 48.5 Å². The maximum atomic E-state index is 11.8. The lowest BCUT2D eigenvalue weighted by Gasteiger charge is -2.42. The maximum absolute atomic E-state index is 11.8. The molecule has 0 saturated carbocycles. The standard InChI is InChI=1S/C30H32O6/c1-21-8-10-25(16-24(21)14-23-9-11-28-29(15-23)34-13-12-33-28)30(32-2)18-26(17-27(19-31)36-30)35-20-22-6-4-3-5-7-22/h3-11,15-16,19,26-27H,12-14,17-18,20H2,1-2H3. The van der Waals surface area contributed by atoms with Gasteiger partial charge in [0.05, 0.1) is 12.7 Å². The van der Waals surface area contributed by atoms with Crippen LogP contribution >= 0.6 is 0 Å². The SMILES string of the molecule is COC1(c2ccc(C)c(Cc3ccc4c(c3)OCCO4)c2)CC(OCc2ccccc2)CC(C=O)O1. The van der Waals surface area contributed by atoms with Crippen LogP contribution in [0.25, 0.3) is 0 Å². The highest BCUT2D eigenvalue weighted by Gasteiger charge is 2.44. The van der Waals surface area contributed by atoms with Gasteiger partial charge in [0.1, 0.15) is 25.6 Å². The van der Waals surface area contributed by atoms with Gasteiger partial charge in [-0.1, -0.05) is 48.5 Å². The molecule has 3 atom stereocenters. The minimum Gasteiger partial charge on any atom is -0.486 e. The number of hydrogen-bond acceptors (Lipinski definition) is 6. The molecule has 0 radical (unpaired) electrons. The zero-order valence-electron chi connectivity index (χ0n) is 20.8. The van der Waals surface area contributed by atoms with Gasteiger partial charge in [0.25, 0.3) is 0 Å². The molecule has 188 valence electrons. The van der Waals surface area contributed by atoms with Gasteiger partial charge < -0.3 is 28.5 Å². The van der Waals surface area contributed by atoms with Crippen LogP contribution in [0.15, 0.2) is 66.7 Å². The van der Waals surface area contributed by atoms with Gasteiger partial charge in [-0.2, -0.15) is 0 Å². The van der Waals surface area contributed by atoms with Gasteiger partial charge in [-0.3, -0.25) is 0 Å². The molecule has 2 aliphatic heterocycles. The highest BCUT2D eigenvalue weighted by molar-refractivity contribution is 5.56. The summed E-state index contributed by atoms with van der Waals surface area (Å²) >= 11 is 0. The molecular formula is C30H32O6. The first-order valence-corrected chi connectivity index (χ1v) is 12.4. The minimum absolute atomic E-state index is 0.184. The Labute approximate surface area is 212 Å². The fraction of sp³-hybridized carbons (Fsp3) is 0.367. The van der Waals surface area contributed by atoms with E-state index in [9.17, 15) is 4.79 Å². The number of carbonyl (C=O) groups is 1. The summed E-state index contributed by atoms with van der Waals surface area (Å²) in [5, 5.41) is 0. The number of benzene rings is 3. The second kappa shape index (κ2) is 10.8. The van der Waals surface area contributed by atoms with Gasteiger partial charge in [-0.15, -0.1) is 0 Å². The van der Waals surface area contributed by atoms with E-state index in [0.29, 0.717) is 32.7 Å². The molecule has 0 spiro atoms. The lowest BCUT2D eigenvalue weighted by Crippen LogP contribution is -2.46. The van der Waals surface area contributed by atoms with E-state index in [1.165, 1.54) is 5.56 Å². The molecule has 0 amide bonds. The third-order valence-corrected chi connectivity index (χ3v) is 6.93. The van der Waals surface area contributed by atoms with E-state index >= 15 is 0 Å². The van der Waals surface area contributed by atoms with Crippen LogP contribution in [0, 0.1) is 6.92 Å². The van der Waals surface area contributed by atoms with E-state index < -0.39 is 11.9 Å². The molecule has 6 nitrogen and oxygen atoms in total. The topological polar surface area (TPSA) is 63.2 Å². The molecule has 0 aliphatic carbocycles. The Kier molecular flexibility index (Phi) is 7.37. The Bertz CT molecular complexity index is 1190. The molecule has 3 aromatic carbocycles. The van der Waals surface area contributed by atoms with Crippen LogP contribution in [-0.4, -0.2) is 38.8 Å². The second-order valence-corrected chi connectivity index (χ2v) is 9.40. The van der Waals surface area contributed by atoms with Crippen molar-refractivity contribution in [3.8, 4) is 11.5 Å². The molecule has 6 heteroatoms. The van der Waals surface area contributed by atoms with E-state index in [0.717, 1.165) is 46.5 Å². The fourth-order valence-electron chi connectivity index (χ4n) is 4.93. The van der Waals surface area contributed by atoms with E-state index in [2.05, 4.69) is 25.1 Å². The Balaban J connectivity index is 1.39. The third kappa shape index (κ3) is 5.31. The fourth-order valence-corrected chi connectivity index (χ4v) is 4.93. The van der Waals surface area contributed by atoms with Crippen molar-refractivity contribution in [3.63, 3.8) is 0 Å². The number of fused-ring (bicyclic) bond motifs is 1. The highest BCUT2D eigenvalue weighted by atomic mass is 16.7. The largest absolute Gasteiger partial charge is 0.486 e. The smallest absolute Gasteiger partial charge is 0.197 e. The predicted molar refractivity (Wildman–Crippen MR) is 135 cm³/mol. The summed E-state index contributed by atoms with van der Waals surface area (Å²) in [6.07, 6.45) is 1.76. The normalized spacial score (nSPS) is 23.3. The first-order valence-electron chi connectivity index (χ1n) is 12.4. The average Bonchev–Trinajstić information content (AvgIpc) is 2.93. The monoisotopic (exact) mass is 488 g/mol. The van der Waals surface area contributed by atoms with Crippen LogP contribution in [0.4, 0.5) is 0 Å². The Hall–Kier alpha value is -3.19. The number of ether oxygens (including phenoxy) is 5. The van der Waals surface area contributed by atoms with Crippen molar-refractivity contribution < 1.29 is 28.5 Å². The molecule has 36 heavy (non-hydrogen) atoms. The molecule has 3 unspecified atom stereocenters. The van der Waals surface area contributed by atoms with Crippen molar-refractivity contribution >= 4 is 6.29 Å². The predicted octanol–water partition coefficient (Wildman–Crippen LogP) is 5.12. The zero-order valence-corrected chi connectivity index (χ0v) is 20.8. The van der Waals surface area contributed by atoms with Crippen molar-refractivity contribution in [1.29, 1.82) is 0 Å². The minimum atomic E-state index is -1.07. The van der Waals surface area contributed by atoms with E-state index in [1.54, 1.807) is 7.11 Å². The van der Waals surface area contributed by atoms with Gasteiger partial charge in [-0.25, -0.2) is 0 Å². The lowest BCUT2D eigenvalue weighted by molar-refractivity contribution is -0.291. The van der Waals surface area contributed by atoms with Crippen LogP contribution in [0.3, 0.4) is 0 Å². The molecule has 0 bridgehead atoms. The van der Waals surface area contributed by atoms with Gasteiger partial charge in [0, 0.05) is 25.5 Å². The van der Waals surface area contributed by atoms with Gasteiger partial charge in [0.15, 0.2) is 17.3 Å². The molecule has 3 aromatic rings. The van der Waals surface area contributed by atoms with E-state index in [-0.39, 0.29) is 6.10 Å². The van der Waals surface area contributed by atoms with Crippen molar-refractivity contribution in [2.24, 2.45) is 0 Å². The average molecular weight is 489 g/mol. The van der Waals surface area contributed by atoms with Crippen LogP contribution in [0.2, 0.25) is 0 Å². The Morgan fingerprint density at radius 1 is 0.972 bits per heavy atom. The molecule has 2 heterocycles. The summed E-state index contributed by atoms with van der Waals surface area (Å²) in [6.45, 7) is 3.70. The van der Waals surface area contributed by atoms with E-state index in [4.69, 9.17) is 23.7 Å². The lowest BCUT2D eigenvalue weighted by atomic mass is 9.89. The number of carbonyl (C=O) groups excluding carboxylic acids is 1. The molecule has 0 N–H and O–H groups in total. The molecule has 2 aliphatic rings. The van der Waals surface area contributed by atoms with Crippen LogP contribution in [0.5, 0.6) is 11.5 Å². The summed E-state index contributed by atoms with van der Waals surface area (Å²) in [5.74, 6) is 0.495. The molecule has 1 saturated heterocycles. The molecule has 1 fully saturated rings. The number of aldehydes is 1. The zero-order chi connectivity index (χ0) is 25.0. The number of hydrogen-bond donors (Lipinski definition) is 0. The van der Waals surface area contributed by atoms with Crippen LogP contribution in [-0.2, 0) is 37.8 Å². The molecule has 5 rings (SSSR count). The molecule has 0 aromatic heterocycles. The summed E-state index contributed by atoms with van der Waals surface area (Å²) in [4.78, 5) is 11.8. The van der Waals surface area contributed by atoms with Crippen LogP contribution < -0.4 is 9.47 Å². The van der Waals surface area contributed by atoms with Gasteiger partial charge >= 0.3 is 0 Å². The third-order valence-electron chi connectivity index (χ3n) is 6.93. The number of methoxy groups -OCH3 is 1. The van der Waals surface area contributed by atoms with Crippen molar-refractivity contribution in [3.05, 3.63) is 94.5 Å². The van der Waals surface area contributed by atoms with Gasteiger partial charge in [0.2, 0.25) is 0 Å². The summed E-state index contributed by atoms with van der Waals surface area (Å²) in [5.41, 5.74) is 5.42. The van der Waals surface area contributed by atoms with Crippen molar-refractivity contribution in [1.82, 2.24) is 0 Å². The quantitative estimate of drug-likeness (QED) is 0.410. The first-order chi connectivity index (χ1) is 17.6. The Morgan fingerprint density at radius 2 is 1.78 bits per heavy atom. The van der Waals surface area contributed by atoms with Crippen molar-refractivity contribution in [2.75, 3.05) is 20.3 Å².